The molecule has 0 spiro atoms. The van der Waals surface area contributed by atoms with Crippen LogP contribution in [0.4, 0.5) is 0 Å². The summed E-state index contributed by atoms with van der Waals surface area (Å²) in [5.41, 5.74) is 6.00. The largest absolute Gasteiger partial charge is 0.478 e. The van der Waals surface area contributed by atoms with Crippen molar-refractivity contribution in [1.82, 2.24) is 0 Å². The Morgan fingerprint density at radius 3 is 2.22 bits per heavy atom. The van der Waals surface area contributed by atoms with E-state index in [1.165, 1.54) is 16.7 Å². The van der Waals surface area contributed by atoms with E-state index in [0.29, 0.717) is 5.56 Å². The van der Waals surface area contributed by atoms with Gasteiger partial charge in [0.25, 0.3) is 0 Å². The highest BCUT2D eigenvalue weighted by Crippen LogP contribution is 2.28. The van der Waals surface area contributed by atoms with Crippen molar-refractivity contribution in [2.45, 2.75) is 20.8 Å². The zero-order valence-electron chi connectivity index (χ0n) is 10.8. The predicted molar refractivity (Wildman–Crippen MR) is 73.0 cm³/mol. The molecule has 0 fully saturated rings. The van der Waals surface area contributed by atoms with Gasteiger partial charge in [0.15, 0.2) is 0 Å². The molecule has 1 N–H and O–H groups in total. The second-order valence-corrected chi connectivity index (χ2v) is 4.65. The van der Waals surface area contributed by atoms with E-state index >= 15 is 0 Å². The number of hydrogen-bond donors (Lipinski definition) is 1. The minimum absolute atomic E-state index is 0.335. The minimum atomic E-state index is -0.884. The van der Waals surface area contributed by atoms with E-state index in [-0.39, 0.29) is 0 Å². The minimum Gasteiger partial charge on any atom is -0.478 e. The van der Waals surface area contributed by atoms with Crippen LogP contribution in [0.1, 0.15) is 27.0 Å². The first-order valence-corrected chi connectivity index (χ1v) is 5.90. The molecule has 2 nitrogen and oxygen atoms in total. The van der Waals surface area contributed by atoms with Crippen molar-refractivity contribution in [3.8, 4) is 11.1 Å². The van der Waals surface area contributed by atoms with Gasteiger partial charge in [0.1, 0.15) is 0 Å². The van der Waals surface area contributed by atoms with Crippen LogP contribution in [-0.4, -0.2) is 11.1 Å². The smallest absolute Gasteiger partial charge is 0.335 e. The molecule has 0 unspecified atom stereocenters. The van der Waals surface area contributed by atoms with Crippen LogP contribution in [0, 0.1) is 20.8 Å². The van der Waals surface area contributed by atoms with E-state index in [2.05, 4.69) is 32.0 Å². The van der Waals surface area contributed by atoms with Crippen LogP contribution in [0.5, 0.6) is 0 Å². The van der Waals surface area contributed by atoms with Gasteiger partial charge in [-0.1, -0.05) is 29.8 Å². The summed E-state index contributed by atoms with van der Waals surface area (Å²) >= 11 is 0. The molecular formula is C16H16O2. The van der Waals surface area contributed by atoms with Gasteiger partial charge in [-0.05, 0) is 55.2 Å². The fourth-order valence-corrected chi connectivity index (χ4v) is 2.12. The van der Waals surface area contributed by atoms with Crippen molar-refractivity contribution in [2.75, 3.05) is 0 Å². The Morgan fingerprint density at radius 2 is 1.61 bits per heavy atom. The number of carboxylic acid groups (broad SMARTS) is 1. The molecule has 0 amide bonds. The molecule has 2 aromatic rings. The van der Waals surface area contributed by atoms with Crippen LogP contribution >= 0.6 is 0 Å². The average Bonchev–Trinajstić information content (AvgIpc) is 2.32. The molecule has 0 saturated heterocycles. The zero-order valence-corrected chi connectivity index (χ0v) is 10.8. The Kier molecular flexibility index (Phi) is 3.19. The molecule has 0 heterocycles. The van der Waals surface area contributed by atoms with E-state index in [1.807, 2.05) is 13.0 Å². The third kappa shape index (κ3) is 2.28. The summed E-state index contributed by atoms with van der Waals surface area (Å²) in [5.74, 6) is -0.884. The van der Waals surface area contributed by atoms with E-state index < -0.39 is 5.97 Å². The second kappa shape index (κ2) is 4.65. The highest BCUT2D eigenvalue weighted by molar-refractivity contribution is 5.89. The number of aromatic carboxylic acids is 1. The van der Waals surface area contributed by atoms with Gasteiger partial charge in [0.2, 0.25) is 0 Å². The second-order valence-electron chi connectivity index (χ2n) is 4.65. The number of hydrogen-bond acceptors (Lipinski definition) is 1. The summed E-state index contributed by atoms with van der Waals surface area (Å²) < 4.78 is 0. The number of rotatable bonds is 2. The first kappa shape index (κ1) is 12.4. The zero-order chi connectivity index (χ0) is 13.3. The van der Waals surface area contributed by atoms with Crippen LogP contribution in [0.2, 0.25) is 0 Å². The summed E-state index contributed by atoms with van der Waals surface area (Å²) in [6.07, 6.45) is 0. The number of benzene rings is 2. The molecule has 18 heavy (non-hydrogen) atoms. The number of carbonyl (C=O) groups is 1. The summed E-state index contributed by atoms with van der Waals surface area (Å²) in [4.78, 5) is 10.9. The Bertz CT molecular complexity index is 612. The Labute approximate surface area is 107 Å². The molecule has 2 aromatic carbocycles. The van der Waals surface area contributed by atoms with Crippen molar-refractivity contribution >= 4 is 5.97 Å². The summed E-state index contributed by atoms with van der Waals surface area (Å²) in [7, 11) is 0. The van der Waals surface area contributed by atoms with Crippen LogP contribution < -0.4 is 0 Å². The standard InChI is InChI=1S/C16H16O2/c1-10-4-5-11(2)15(8-10)14-7-6-13(16(17)18)9-12(14)3/h4-9H,1-3H3,(H,17,18). The Morgan fingerprint density at radius 1 is 0.889 bits per heavy atom. The lowest BCUT2D eigenvalue weighted by atomic mass is 9.94. The Balaban J connectivity index is 2.58. The molecule has 0 aliphatic heterocycles. The molecule has 0 atom stereocenters. The van der Waals surface area contributed by atoms with Gasteiger partial charge in [0.05, 0.1) is 5.56 Å². The van der Waals surface area contributed by atoms with Crippen LogP contribution in [0.15, 0.2) is 36.4 Å². The lowest BCUT2D eigenvalue weighted by Crippen LogP contribution is -1.97. The maximum atomic E-state index is 10.9. The molecule has 0 aliphatic carbocycles. The van der Waals surface area contributed by atoms with Gasteiger partial charge < -0.3 is 5.11 Å². The van der Waals surface area contributed by atoms with Crippen LogP contribution in [0.3, 0.4) is 0 Å². The first-order valence-electron chi connectivity index (χ1n) is 5.90. The van der Waals surface area contributed by atoms with Crippen molar-refractivity contribution in [3.63, 3.8) is 0 Å². The van der Waals surface area contributed by atoms with Gasteiger partial charge in [-0.3, -0.25) is 0 Å². The van der Waals surface area contributed by atoms with Gasteiger partial charge in [-0.2, -0.15) is 0 Å². The molecule has 0 radical (unpaired) electrons. The molecular weight excluding hydrogens is 224 g/mol. The van der Waals surface area contributed by atoms with Crippen molar-refractivity contribution in [3.05, 3.63) is 58.7 Å². The predicted octanol–water partition coefficient (Wildman–Crippen LogP) is 3.98. The van der Waals surface area contributed by atoms with Crippen molar-refractivity contribution in [1.29, 1.82) is 0 Å². The SMILES string of the molecule is Cc1ccc(C)c(-c2ccc(C(=O)O)cc2C)c1. The number of carboxylic acids is 1. The quantitative estimate of drug-likeness (QED) is 0.862. The van der Waals surface area contributed by atoms with E-state index in [9.17, 15) is 4.79 Å². The number of aryl methyl sites for hydroxylation is 3. The highest BCUT2D eigenvalue weighted by atomic mass is 16.4. The summed E-state index contributed by atoms with van der Waals surface area (Å²) in [5, 5.41) is 8.97. The lowest BCUT2D eigenvalue weighted by molar-refractivity contribution is 0.0697. The maximum Gasteiger partial charge on any atom is 0.335 e. The van der Waals surface area contributed by atoms with Crippen molar-refractivity contribution < 1.29 is 9.90 Å². The summed E-state index contributed by atoms with van der Waals surface area (Å²) in [6, 6.07) is 11.6. The normalized spacial score (nSPS) is 10.4. The highest BCUT2D eigenvalue weighted by Gasteiger charge is 2.09. The van der Waals surface area contributed by atoms with Crippen LogP contribution in [0.25, 0.3) is 11.1 Å². The molecule has 0 saturated carbocycles. The van der Waals surface area contributed by atoms with Gasteiger partial charge in [-0.25, -0.2) is 4.79 Å². The van der Waals surface area contributed by atoms with Gasteiger partial charge in [0, 0.05) is 0 Å². The molecule has 0 aromatic heterocycles. The van der Waals surface area contributed by atoms with E-state index in [0.717, 1.165) is 11.1 Å². The third-order valence-corrected chi connectivity index (χ3v) is 3.16. The molecule has 92 valence electrons. The fraction of sp³-hybridized carbons (Fsp3) is 0.188. The third-order valence-electron chi connectivity index (χ3n) is 3.16. The van der Waals surface area contributed by atoms with Crippen molar-refractivity contribution in [2.24, 2.45) is 0 Å². The van der Waals surface area contributed by atoms with E-state index in [1.54, 1.807) is 12.1 Å². The molecule has 0 bridgehead atoms. The monoisotopic (exact) mass is 240 g/mol. The topological polar surface area (TPSA) is 37.3 Å². The summed E-state index contributed by atoms with van der Waals surface area (Å²) in [6.45, 7) is 6.08. The van der Waals surface area contributed by atoms with Crippen LogP contribution in [-0.2, 0) is 0 Å². The van der Waals surface area contributed by atoms with Gasteiger partial charge in [-0.15, -0.1) is 0 Å². The lowest BCUT2D eigenvalue weighted by Gasteiger charge is -2.11. The first-order chi connectivity index (χ1) is 8.49. The molecule has 2 heteroatoms. The molecule has 0 aliphatic rings. The Hall–Kier alpha value is -2.09. The van der Waals surface area contributed by atoms with Gasteiger partial charge >= 0.3 is 5.97 Å². The maximum absolute atomic E-state index is 10.9. The fourth-order valence-electron chi connectivity index (χ4n) is 2.12. The molecule has 2 rings (SSSR count). The van der Waals surface area contributed by atoms with E-state index in [4.69, 9.17) is 5.11 Å². The average molecular weight is 240 g/mol.